The fraction of sp³-hybridized carbons (Fsp3) is 0.300. The zero-order valence-corrected chi connectivity index (χ0v) is 8.23. The highest BCUT2D eigenvalue weighted by Gasteiger charge is 2.09. The maximum Gasteiger partial charge on any atom is 0.319 e. The predicted molar refractivity (Wildman–Crippen MR) is 57.2 cm³/mol. The number of urea groups is 1. The molecule has 4 heteroatoms. The predicted octanol–water partition coefficient (Wildman–Crippen LogP) is 0.839. The molecule has 0 aromatic heterocycles. The van der Waals surface area contributed by atoms with Crippen molar-refractivity contribution >= 4 is 11.7 Å². The molecule has 0 aliphatic rings. The van der Waals surface area contributed by atoms with E-state index in [1.807, 2.05) is 31.2 Å². The van der Waals surface area contributed by atoms with Gasteiger partial charge in [0.2, 0.25) is 0 Å². The molecule has 4 nitrogen and oxygen atoms in total. The van der Waals surface area contributed by atoms with Crippen LogP contribution in [0.15, 0.2) is 24.3 Å². The van der Waals surface area contributed by atoms with Gasteiger partial charge in [-0.05, 0) is 19.1 Å². The van der Waals surface area contributed by atoms with E-state index >= 15 is 0 Å². The molecule has 0 spiro atoms. The largest absolute Gasteiger partial charge is 0.351 e. The lowest BCUT2D eigenvalue weighted by Gasteiger charge is -2.19. The van der Waals surface area contributed by atoms with Gasteiger partial charge < -0.3 is 11.5 Å². The fourth-order valence-electron chi connectivity index (χ4n) is 1.22. The Balaban J connectivity index is 2.87. The van der Waals surface area contributed by atoms with Crippen molar-refractivity contribution < 1.29 is 4.79 Å². The normalized spacial score (nSPS) is 9.86. The van der Waals surface area contributed by atoms with Crippen molar-refractivity contribution in [1.82, 2.24) is 0 Å². The molecule has 1 aromatic carbocycles. The smallest absolute Gasteiger partial charge is 0.319 e. The first-order valence-electron chi connectivity index (χ1n) is 4.49. The monoisotopic (exact) mass is 193 g/mol. The number of rotatable bonds is 3. The summed E-state index contributed by atoms with van der Waals surface area (Å²) in [5.74, 6) is 0. The van der Waals surface area contributed by atoms with Crippen molar-refractivity contribution in [2.24, 2.45) is 11.5 Å². The Labute approximate surface area is 83.5 Å². The second-order valence-electron chi connectivity index (χ2n) is 3.11. The Kier molecular flexibility index (Phi) is 3.48. The Morgan fingerprint density at radius 1 is 1.36 bits per heavy atom. The van der Waals surface area contributed by atoms with Crippen LogP contribution in [0, 0.1) is 6.92 Å². The average Bonchev–Trinajstić information content (AvgIpc) is 2.15. The van der Waals surface area contributed by atoms with Crippen LogP contribution in [0.1, 0.15) is 5.56 Å². The number of hydrogen-bond acceptors (Lipinski definition) is 2. The summed E-state index contributed by atoms with van der Waals surface area (Å²) in [7, 11) is 0. The Bertz CT molecular complexity index is 308. The van der Waals surface area contributed by atoms with Gasteiger partial charge in [0.1, 0.15) is 0 Å². The SMILES string of the molecule is Cc1ccc(N(CCN)C(N)=O)cc1. The van der Waals surface area contributed by atoms with E-state index < -0.39 is 6.03 Å². The van der Waals surface area contributed by atoms with Gasteiger partial charge in [0.25, 0.3) is 0 Å². The van der Waals surface area contributed by atoms with Gasteiger partial charge in [0, 0.05) is 18.8 Å². The summed E-state index contributed by atoms with van der Waals surface area (Å²) >= 11 is 0. The lowest BCUT2D eigenvalue weighted by Crippen LogP contribution is -2.39. The number of nitrogens with two attached hydrogens (primary N) is 2. The lowest BCUT2D eigenvalue weighted by molar-refractivity contribution is 0.254. The van der Waals surface area contributed by atoms with Crippen molar-refractivity contribution in [3.05, 3.63) is 29.8 Å². The molecule has 0 atom stereocenters. The molecule has 2 amide bonds. The minimum atomic E-state index is -0.473. The summed E-state index contributed by atoms with van der Waals surface area (Å²) in [4.78, 5) is 12.5. The van der Waals surface area contributed by atoms with E-state index in [4.69, 9.17) is 11.5 Å². The molecular formula is C10H15N3O. The summed E-state index contributed by atoms with van der Waals surface area (Å²) in [6, 6.07) is 7.11. The van der Waals surface area contributed by atoms with Crippen LogP contribution in [-0.4, -0.2) is 19.1 Å². The average molecular weight is 193 g/mol. The maximum atomic E-state index is 11.1. The highest BCUT2D eigenvalue weighted by Crippen LogP contribution is 2.13. The van der Waals surface area contributed by atoms with Gasteiger partial charge in [-0.1, -0.05) is 17.7 Å². The van der Waals surface area contributed by atoms with Crippen LogP contribution in [0.2, 0.25) is 0 Å². The first-order chi connectivity index (χ1) is 6.65. The Morgan fingerprint density at radius 2 is 1.93 bits per heavy atom. The Morgan fingerprint density at radius 3 is 2.36 bits per heavy atom. The minimum Gasteiger partial charge on any atom is -0.351 e. The van der Waals surface area contributed by atoms with Gasteiger partial charge in [-0.3, -0.25) is 4.90 Å². The van der Waals surface area contributed by atoms with Crippen LogP contribution in [0.25, 0.3) is 0 Å². The number of carbonyl (C=O) groups is 1. The van der Waals surface area contributed by atoms with Crippen LogP contribution in [0.3, 0.4) is 0 Å². The highest BCUT2D eigenvalue weighted by molar-refractivity contribution is 5.90. The second-order valence-corrected chi connectivity index (χ2v) is 3.11. The number of nitrogens with zero attached hydrogens (tertiary/aromatic N) is 1. The minimum absolute atomic E-state index is 0.400. The van der Waals surface area contributed by atoms with Gasteiger partial charge in [0.05, 0.1) is 0 Å². The number of amides is 2. The lowest BCUT2D eigenvalue weighted by atomic mass is 10.2. The highest BCUT2D eigenvalue weighted by atomic mass is 16.2. The molecule has 0 radical (unpaired) electrons. The van der Waals surface area contributed by atoms with Crippen LogP contribution >= 0.6 is 0 Å². The molecule has 0 aliphatic heterocycles. The molecule has 76 valence electrons. The van der Waals surface area contributed by atoms with Gasteiger partial charge in [0.15, 0.2) is 0 Å². The number of hydrogen-bond donors (Lipinski definition) is 2. The summed E-state index contributed by atoms with van der Waals surface area (Å²) in [6.07, 6.45) is 0. The van der Waals surface area contributed by atoms with Crippen molar-refractivity contribution in [1.29, 1.82) is 0 Å². The number of carbonyl (C=O) groups excluding carboxylic acids is 1. The third-order valence-corrected chi connectivity index (χ3v) is 1.96. The van der Waals surface area contributed by atoms with Crippen LogP contribution in [0.4, 0.5) is 10.5 Å². The second kappa shape index (κ2) is 4.62. The molecule has 4 N–H and O–H groups in total. The van der Waals surface area contributed by atoms with Crippen molar-refractivity contribution in [3.63, 3.8) is 0 Å². The third-order valence-electron chi connectivity index (χ3n) is 1.96. The van der Waals surface area contributed by atoms with Gasteiger partial charge in [-0.2, -0.15) is 0 Å². The van der Waals surface area contributed by atoms with Gasteiger partial charge >= 0.3 is 6.03 Å². The molecule has 0 saturated heterocycles. The third kappa shape index (κ3) is 2.47. The standard InChI is InChI=1S/C10H15N3O/c1-8-2-4-9(5-3-8)13(7-6-11)10(12)14/h2-5H,6-7,11H2,1H3,(H2,12,14). The van der Waals surface area contributed by atoms with Gasteiger partial charge in [-0.15, -0.1) is 0 Å². The zero-order valence-electron chi connectivity index (χ0n) is 8.23. The van der Waals surface area contributed by atoms with Crippen LogP contribution in [0.5, 0.6) is 0 Å². The Hall–Kier alpha value is -1.55. The van der Waals surface area contributed by atoms with Gasteiger partial charge in [-0.25, -0.2) is 4.79 Å². The molecule has 0 fully saturated rings. The zero-order chi connectivity index (χ0) is 10.6. The first-order valence-corrected chi connectivity index (χ1v) is 4.49. The number of primary amides is 1. The van der Waals surface area contributed by atoms with Crippen molar-refractivity contribution in [3.8, 4) is 0 Å². The molecule has 0 aliphatic carbocycles. The topological polar surface area (TPSA) is 72.3 Å². The molecule has 0 unspecified atom stereocenters. The quantitative estimate of drug-likeness (QED) is 0.746. The summed E-state index contributed by atoms with van der Waals surface area (Å²) < 4.78 is 0. The molecule has 1 rings (SSSR count). The van der Waals surface area contributed by atoms with Crippen LogP contribution < -0.4 is 16.4 Å². The van der Waals surface area contributed by atoms with Crippen molar-refractivity contribution in [2.45, 2.75) is 6.92 Å². The number of benzene rings is 1. The summed E-state index contributed by atoms with van der Waals surface area (Å²) in [5, 5.41) is 0. The molecule has 14 heavy (non-hydrogen) atoms. The van der Waals surface area contributed by atoms with E-state index in [0.717, 1.165) is 11.3 Å². The van der Waals surface area contributed by atoms with E-state index in [1.54, 1.807) is 0 Å². The molecule has 0 bridgehead atoms. The summed E-state index contributed by atoms with van der Waals surface area (Å²) in [5.41, 5.74) is 12.5. The first kappa shape index (κ1) is 10.5. The number of aryl methyl sites for hydroxylation is 1. The van der Waals surface area contributed by atoms with E-state index in [0.29, 0.717) is 13.1 Å². The molecular weight excluding hydrogens is 178 g/mol. The van der Waals surface area contributed by atoms with E-state index in [1.165, 1.54) is 4.90 Å². The van der Waals surface area contributed by atoms with E-state index in [9.17, 15) is 4.79 Å². The fourth-order valence-corrected chi connectivity index (χ4v) is 1.22. The maximum absolute atomic E-state index is 11.1. The molecule has 0 saturated carbocycles. The molecule has 0 heterocycles. The molecule has 1 aromatic rings. The number of anilines is 1. The summed E-state index contributed by atoms with van der Waals surface area (Å²) in [6.45, 7) is 2.83. The van der Waals surface area contributed by atoms with Crippen LogP contribution in [-0.2, 0) is 0 Å². The van der Waals surface area contributed by atoms with E-state index in [2.05, 4.69) is 0 Å². The van der Waals surface area contributed by atoms with E-state index in [-0.39, 0.29) is 0 Å². The van der Waals surface area contributed by atoms with Crippen molar-refractivity contribution in [2.75, 3.05) is 18.0 Å².